The van der Waals surface area contributed by atoms with Crippen LogP contribution >= 0.6 is 11.3 Å². The van der Waals surface area contributed by atoms with Crippen molar-refractivity contribution in [1.82, 2.24) is 15.1 Å². The molecule has 7 heteroatoms. The zero-order valence-electron chi connectivity index (χ0n) is 17.3. The van der Waals surface area contributed by atoms with Crippen LogP contribution in [0.15, 0.2) is 24.3 Å². The van der Waals surface area contributed by atoms with Gasteiger partial charge in [-0.05, 0) is 44.2 Å². The molecule has 1 aliphatic carbocycles. The summed E-state index contributed by atoms with van der Waals surface area (Å²) in [7, 11) is 0. The quantitative estimate of drug-likeness (QED) is 0.790. The highest BCUT2D eigenvalue weighted by Gasteiger charge is 2.56. The summed E-state index contributed by atoms with van der Waals surface area (Å²) in [5, 5.41) is 12.7. The molecule has 2 atom stereocenters. The van der Waals surface area contributed by atoms with E-state index in [4.69, 9.17) is 0 Å². The summed E-state index contributed by atoms with van der Waals surface area (Å²) in [5.74, 6) is -0.425. The van der Waals surface area contributed by atoms with Crippen LogP contribution in [0.2, 0.25) is 0 Å². The molecule has 154 valence electrons. The van der Waals surface area contributed by atoms with Crippen molar-refractivity contribution in [2.75, 3.05) is 5.32 Å². The van der Waals surface area contributed by atoms with Crippen LogP contribution in [0.4, 0.5) is 5.13 Å². The molecule has 6 nitrogen and oxygen atoms in total. The van der Waals surface area contributed by atoms with Crippen molar-refractivity contribution in [3.8, 4) is 0 Å². The Morgan fingerprint density at radius 1 is 1.28 bits per heavy atom. The zero-order valence-corrected chi connectivity index (χ0v) is 18.1. The Kier molecular flexibility index (Phi) is 5.42. The van der Waals surface area contributed by atoms with E-state index < -0.39 is 11.5 Å². The predicted molar refractivity (Wildman–Crippen MR) is 114 cm³/mol. The summed E-state index contributed by atoms with van der Waals surface area (Å²) < 4.78 is 0. The average molecular weight is 413 g/mol. The number of carbonyl (C=O) groups excluding carboxylic acids is 2. The minimum Gasteiger partial charge on any atom is -0.329 e. The number of anilines is 1. The van der Waals surface area contributed by atoms with Crippen LogP contribution in [0, 0.1) is 0 Å². The maximum absolute atomic E-state index is 13.6. The van der Waals surface area contributed by atoms with Crippen LogP contribution < -0.4 is 5.32 Å². The van der Waals surface area contributed by atoms with Crippen LogP contribution in [0.3, 0.4) is 0 Å². The lowest BCUT2D eigenvalue weighted by molar-refractivity contribution is -0.121. The molecular formula is C22H28N4O2S. The minimum atomic E-state index is -0.469. The van der Waals surface area contributed by atoms with Gasteiger partial charge >= 0.3 is 0 Å². The van der Waals surface area contributed by atoms with E-state index in [2.05, 4.69) is 29.4 Å². The number of aryl methyl sites for hydroxylation is 1. The molecule has 1 aromatic heterocycles. The van der Waals surface area contributed by atoms with E-state index in [1.54, 1.807) is 0 Å². The highest BCUT2D eigenvalue weighted by atomic mass is 32.1. The monoisotopic (exact) mass is 412 g/mol. The van der Waals surface area contributed by atoms with E-state index >= 15 is 0 Å². The third-order valence-electron chi connectivity index (χ3n) is 6.50. The molecule has 1 fully saturated rings. The average Bonchev–Trinajstić information content (AvgIpc) is 3.38. The zero-order chi connectivity index (χ0) is 20.6. The summed E-state index contributed by atoms with van der Waals surface area (Å²) in [6, 6.07) is 7.69. The van der Waals surface area contributed by atoms with Gasteiger partial charge in [-0.15, -0.1) is 10.2 Å². The van der Waals surface area contributed by atoms with E-state index in [0.29, 0.717) is 10.7 Å². The molecule has 1 saturated carbocycles. The Hall–Kier alpha value is -2.28. The number of benzene rings is 1. The van der Waals surface area contributed by atoms with Gasteiger partial charge in [-0.25, -0.2) is 0 Å². The predicted octanol–water partition coefficient (Wildman–Crippen LogP) is 4.39. The van der Waals surface area contributed by atoms with Gasteiger partial charge in [0.2, 0.25) is 11.0 Å². The molecule has 29 heavy (non-hydrogen) atoms. The molecule has 1 aliphatic heterocycles. The molecule has 1 spiro atoms. The molecule has 0 unspecified atom stereocenters. The topological polar surface area (TPSA) is 75.2 Å². The molecule has 2 amide bonds. The van der Waals surface area contributed by atoms with Crippen molar-refractivity contribution in [3.05, 3.63) is 40.4 Å². The fourth-order valence-electron chi connectivity index (χ4n) is 5.05. The van der Waals surface area contributed by atoms with Crippen LogP contribution in [0.1, 0.15) is 79.7 Å². The molecule has 0 radical (unpaired) electrons. The Bertz CT molecular complexity index is 919. The van der Waals surface area contributed by atoms with Crippen molar-refractivity contribution in [1.29, 1.82) is 0 Å². The van der Waals surface area contributed by atoms with Crippen molar-refractivity contribution in [2.45, 2.75) is 76.8 Å². The Balaban J connectivity index is 1.80. The summed E-state index contributed by atoms with van der Waals surface area (Å²) >= 11 is 1.41. The van der Waals surface area contributed by atoms with Gasteiger partial charge < -0.3 is 4.90 Å². The number of amides is 2. The number of carbonyl (C=O) groups is 2. The standard InChI is InChI=1S/C22H28N4O2S/c1-4-14(3)26-20(28)16-11-7-6-10-15(16)18(22(26)12-8-9-13-22)19(27)23-21-25-24-17(5-2)29-21/h6-7,10-11,14,18H,4-5,8-9,12-13H2,1-3H3,(H,23,25,27)/t14-,18+/m1/s1. The SMILES string of the molecule is CCc1nnc(NC(=O)[C@@H]2c3ccccc3C(=O)N([C@H](C)CC)C23CCCC3)s1. The number of hydrogen-bond donors (Lipinski definition) is 1. The third kappa shape index (κ3) is 3.25. The van der Waals surface area contributed by atoms with Gasteiger partial charge in [0.15, 0.2) is 0 Å². The lowest BCUT2D eigenvalue weighted by Gasteiger charge is -2.52. The van der Waals surface area contributed by atoms with E-state index in [1.807, 2.05) is 36.1 Å². The van der Waals surface area contributed by atoms with Gasteiger partial charge in [0.25, 0.3) is 5.91 Å². The van der Waals surface area contributed by atoms with Crippen LogP contribution in [-0.2, 0) is 11.2 Å². The second-order valence-electron chi connectivity index (χ2n) is 8.11. The van der Waals surface area contributed by atoms with Crippen LogP contribution in [-0.4, -0.2) is 38.5 Å². The fourth-order valence-corrected chi connectivity index (χ4v) is 5.73. The Labute approximate surface area is 175 Å². The summed E-state index contributed by atoms with van der Waals surface area (Å²) in [4.78, 5) is 29.2. The molecule has 2 aromatic rings. The van der Waals surface area contributed by atoms with E-state index in [1.165, 1.54) is 11.3 Å². The third-order valence-corrected chi connectivity index (χ3v) is 7.48. The molecule has 1 N–H and O–H groups in total. The first kappa shape index (κ1) is 20.0. The lowest BCUT2D eigenvalue weighted by Crippen LogP contribution is -2.62. The fraction of sp³-hybridized carbons (Fsp3) is 0.545. The van der Waals surface area contributed by atoms with Crippen molar-refractivity contribution < 1.29 is 9.59 Å². The normalized spacial score (nSPS) is 21.3. The number of aromatic nitrogens is 2. The van der Waals surface area contributed by atoms with Gasteiger partial charge in [0.1, 0.15) is 5.01 Å². The van der Waals surface area contributed by atoms with Crippen molar-refractivity contribution >= 4 is 28.3 Å². The lowest BCUT2D eigenvalue weighted by atomic mass is 9.70. The van der Waals surface area contributed by atoms with Crippen LogP contribution in [0.5, 0.6) is 0 Å². The molecule has 1 aromatic carbocycles. The first-order chi connectivity index (χ1) is 14.0. The number of nitrogens with zero attached hydrogens (tertiary/aromatic N) is 3. The van der Waals surface area contributed by atoms with Crippen molar-refractivity contribution in [2.24, 2.45) is 0 Å². The Morgan fingerprint density at radius 3 is 2.66 bits per heavy atom. The second-order valence-corrected chi connectivity index (χ2v) is 9.17. The van der Waals surface area contributed by atoms with Gasteiger partial charge in [-0.2, -0.15) is 0 Å². The minimum absolute atomic E-state index is 0.0603. The molecule has 0 bridgehead atoms. The Morgan fingerprint density at radius 2 is 2.00 bits per heavy atom. The maximum Gasteiger partial charge on any atom is 0.254 e. The first-order valence-corrected chi connectivity index (χ1v) is 11.4. The number of fused-ring (bicyclic) bond motifs is 1. The highest BCUT2D eigenvalue weighted by molar-refractivity contribution is 7.15. The van der Waals surface area contributed by atoms with Crippen LogP contribution in [0.25, 0.3) is 0 Å². The molecule has 2 heterocycles. The van der Waals surface area contributed by atoms with Gasteiger partial charge in [-0.1, -0.05) is 56.2 Å². The molecule has 4 rings (SSSR count). The first-order valence-electron chi connectivity index (χ1n) is 10.6. The van der Waals surface area contributed by atoms with Gasteiger partial charge in [0, 0.05) is 11.6 Å². The second kappa shape index (κ2) is 7.86. The number of rotatable bonds is 5. The van der Waals surface area contributed by atoms with Gasteiger partial charge in [-0.3, -0.25) is 14.9 Å². The van der Waals surface area contributed by atoms with E-state index in [-0.39, 0.29) is 17.9 Å². The molecule has 0 saturated heterocycles. The number of nitrogens with one attached hydrogen (secondary N) is 1. The van der Waals surface area contributed by atoms with E-state index in [9.17, 15) is 9.59 Å². The smallest absolute Gasteiger partial charge is 0.254 e. The summed E-state index contributed by atoms with van der Waals surface area (Å²) in [6.45, 7) is 6.22. The summed E-state index contributed by atoms with van der Waals surface area (Å²) in [6.07, 6.45) is 5.42. The number of hydrogen-bond acceptors (Lipinski definition) is 5. The summed E-state index contributed by atoms with van der Waals surface area (Å²) in [5.41, 5.74) is 1.03. The van der Waals surface area contributed by atoms with Crippen molar-refractivity contribution in [3.63, 3.8) is 0 Å². The highest BCUT2D eigenvalue weighted by Crippen LogP contribution is 2.51. The van der Waals surface area contributed by atoms with Gasteiger partial charge in [0.05, 0.1) is 11.5 Å². The largest absolute Gasteiger partial charge is 0.329 e. The maximum atomic E-state index is 13.6. The molecule has 2 aliphatic rings. The molecular weight excluding hydrogens is 384 g/mol. The van der Waals surface area contributed by atoms with E-state index in [0.717, 1.165) is 49.1 Å².